The summed E-state index contributed by atoms with van der Waals surface area (Å²) in [5.41, 5.74) is 6.37. The molecule has 3 aromatic carbocycles. The van der Waals surface area contributed by atoms with Crippen LogP contribution in [0, 0.1) is 11.3 Å². The van der Waals surface area contributed by atoms with Crippen LogP contribution in [0.15, 0.2) is 54.6 Å². The van der Waals surface area contributed by atoms with E-state index in [1.54, 1.807) is 18.2 Å². The van der Waals surface area contributed by atoms with Gasteiger partial charge >= 0.3 is 0 Å². The number of rotatable bonds is 2. The predicted octanol–water partition coefficient (Wildman–Crippen LogP) is 6.98. The number of benzene rings is 3. The van der Waals surface area contributed by atoms with Gasteiger partial charge in [-0.05, 0) is 94.2 Å². The van der Waals surface area contributed by atoms with Crippen LogP contribution in [-0.4, -0.2) is 7.11 Å². The predicted molar refractivity (Wildman–Crippen MR) is 114 cm³/mol. The second-order valence-corrected chi connectivity index (χ2v) is 9.02. The standard InChI is InChI=1S/C26H28O/c1-17-14-25-24-15-23(18-8-10-19(27-3)11-9-18)21-7-5-4-6-20(21)22(24)12-13-26(25,2)16-17/h4-11,15,17,25H,12-14,16H2,1-3H3/t17-,25+,26-/m1/s1. The van der Waals surface area contributed by atoms with Gasteiger partial charge in [0, 0.05) is 0 Å². The first-order valence-corrected chi connectivity index (χ1v) is 10.3. The van der Waals surface area contributed by atoms with Crippen molar-refractivity contribution in [3.05, 3.63) is 65.7 Å². The van der Waals surface area contributed by atoms with Gasteiger partial charge in [-0.25, -0.2) is 0 Å². The normalized spacial score (nSPS) is 26.6. The Morgan fingerprint density at radius 2 is 1.74 bits per heavy atom. The molecule has 3 atom stereocenters. The van der Waals surface area contributed by atoms with E-state index in [1.165, 1.54) is 47.6 Å². The summed E-state index contributed by atoms with van der Waals surface area (Å²) in [6.45, 7) is 4.97. The van der Waals surface area contributed by atoms with E-state index in [0.29, 0.717) is 11.3 Å². The van der Waals surface area contributed by atoms with Crippen LogP contribution in [0.5, 0.6) is 5.75 Å². The molecular weight excluding hydrogens is 328 g/mol. The second kappa shape index (κ2) is 6.12. The zero-order valence-electron chi connectivity index (χ0n) is 16.6. The van der Waals surface area contributed by atoms with Crippen LogP contribution >= 0.6 is 0 Å². The maximum Gasteiger partial charge on any atom is 0.118 e. The van der Waals surface area contributed by atoms with Gasteiger partial charge in [0.2, 0.25) is 0 Å². The van der Waals surface area contributed by atoms with E-state index in [4.69, 9.17) is 4.74 Å². The first-order chi connectivity index (χ1) is 13.1. The molecule has 0 radical (unpaired) electrons. The fraction of sp³-hybridized carbons (Fsp3) is 0.385. The van der Waals surface area contributed by atoms with Crippen LogP contribution < -0.4 is 4.74 Å². The third kappa shape index (κ3) is 2.59. The van der Waals surface area contributed by atoms with Gasteiger partial charge in [-0.3, -0.25) is 0 Å². The molecule has 0 spiro atoms. The van der Waals surface area contributed by atoms with Crippen molar-refractivity contribution in [2.45, 2.75) is 45.4 Å². The lowest BCUT2D eigenvalue weighted by Crippen LogP contribution is -2.26. The van der Waals surface area contributed by atoms with E-state index >= 15 is 0 Å². The van der Waals surface area contributed by atoms with Crippen LogP contribution in [0.3, 0.4) is 0 Å². The average Bonchev–Trinajstić information content (AvgIpc) is 3.01. The van der Waals surface area contributed by atoms with Gasteiger partial charge < -0.3 is 4.74 Å². The largest absolute Gasteiger partial charge is 0.497 e. The third-order valence-corrected chi connectivity index (χ3v) is 7.21. The van der Waals surface area contributed by atoms with Crippen LogP contribution in [-0.2, 0) is 6.42 Å². The Kier molecular flexibility index (Phi) is 3.82. The fourth-order valence-electron chi connectivity index (χ4n) is 5.95. The quantitative estimate of drug-likeness (QED) is 0.481. The molecule has 0 bridgehead atoms. The SMILES string of the molecule is COc1ccc(-c2cc3c(c4ccccc24)CC[C@]2(C)C[C@H](C)C[C@@H]32)cc1. The molecule has 1 nitrogen and oxygen atoms in total. The number of ether oxygens (including phenoxy) is 1. The van der Waals surface area contributed by atoms with Crippen molar-refractivity contribution < 1.29 is 4.74 Å². The minimum absolute atomic E-state index is 0.478. The molecule has 1 heteroatoms. The van der Waals surface area contributed by atoms with Gasteiger partial charge in [-0.1, -0.05) is 50.2 Å². The summed E-state index contributed by atoms with van der Waals surface area (Å²) in [5.74, 6) is 2.46. The van der Waals surface area contributed by atoms with Crippen LogP contribution in [0.1, 0.15) is 50.2 Å². The van der Waals surface area contributed by atoms with Crippen molar-refractivity contribution in [3.63, 3.8) is 0 Å². The molecule has 2 aliphatic carbocycles. The van der Waals surface area contributed by atoms with Gasteiger partial charge in [0.05, 0.1) is 7.11 Å². The number of fused-ring (bicyclic) bond motifs is 5. The molecule has 0 heterocycles. The number of hydrogen-bond acceptors (Lipinski definition) is 1. The molecule has 2 aliphatic rings. The summed E-state index contributed by atoms with van der Waals surface area (Å²) in [5, 5.41) is 2.85. The highest BCUT2D eigenvalue weighted by molar-refractivity contribution is 5.99. The van der Waals surface area contributed by atoms with Gasteiger partial charge in [0.15, 0.2) is 0 Å². The molecule has 1 fully saturated rings. The summed E-state index contributed by atoms with van der Waals surface area (Å²) in [7, 11) is 1.73. The minimum Gasteiger partial charge on any atom is -0.497 e. The minimum atomic E-state index is 0.478. The Morgan fingerprint density at radius 3 is 2.48 bits per heavy atom. The third-order valence-electron chi connectivity index (χ3n) is 7.21. The highest BCUT2D eigenvalue weighted by atomic mass is 16.5. The van der Waals surface area contributed by atoms with Crippen LogP contribution in [0.25, 0.3) is 21.9 Å². The van der Waals surface area contributed by atoms with Crippen molar-refractivity contribution >= 4 is 10.8 Å². The maximum atomic E-state index is 5.36. The van der Waals surface area contributed by atoms with E-state index in [1.807, 2.05) is 0 Å². The van der Waals surface area contributed by atoms with Crippen molar-refractivity contribution in [1.29, 1.82) is 0 Å². The Hall–Kier alpha value is -2.28. The summed E-state index contributed by atoms with van der Waals surface area (Å²) >= 11 is 0. The second-order valence-electron chi connectivity index (χ2n) is 9.02. The van der Waals surface area contributed by atoms with Crippen molar-refractivity contribution in [2.75, 3.05) is 7.11 Å². The Balaban J connectivity index is 1.75. The lowest BCUT2D eigenvalue weighted by atomic mass is 9.65. The van der Waals surface area contributed by atoms with Crippen molar-refractivity contribution in [2.24, 2.45) is 11.3 Å². The summed E-state index contributed by atoms with van der Waals surface area (Å²) in [6.07, 6.45) is 5.27. The summed E-state index contributed by atoms with van der Waals surface area (Å²) in [4.78, 5) is 0. The van der Waals surface area contributed by atoms with Gasteiger partial charge in [-0.2, -0.15) is 0 Å². The highest BCUT2D eigenvalue weighted by Crippen LogP contribution is 2.58. The maximum absolute atomic E-state index is 5.36. The molecule has 0 unspecified atom stereocenters. The number of hydrogen-bond donors (Lipinski definition) is 0. The van der Waals surface area contributed by atoms with E-state index in [9.17, 15) is 0 Å². The molecule has 0 aliphatic heterocycles. The zero-order chi connectivity index (χ0) is 18.6. The molecule has 138 valence electrons. The van der Waals surface area contributed by atoms with Gasteiger partial charge in [-0.15, -0.1) is 0 Å². The molecule has 0 saturated heterocycles. The Bertz CT molecular complexity index is 1000. The van der Waals surface area contributed by atoms with E-state index in [2.05, 4.69) is 68.4 Å². The molecule has 0 amide bonds. The average molecular weight is 357 g/mol. The van der Waals surface area contributed by atoms with Crippen LogP contribution in [0.4, 0.5) is 0 Å². The number of aryl methyl sites for hydroxylation is 1. The monoisotopic (exact) mass is 356 g/mol. The van der Waals surface area contributed by atoms with E-state index in [0.717, 1.165) is 11.7 Å². The molecule has 27 heavy (non-hydrogen) atoms. The van der Waals surface area contributed by atoms with E-state index < -0.39 is 0 Å². The fourth-order valence-corrected chi connectivity index (χ4v) is 5.95. The first-order valence-electron chi connectivity index (χ1n) is 10.3. The molecule has 1 saturated carbocycles. The highest BCUT2D eigenvalue weighted by Gasteiger charge is 2.46. The van der Waals surface area contributed by atoms with E-state index in [-0.39, 0.29) is 0 Å². The summed E-state index contributed by atoms with van der Waals surface area (Å²) in [6, 6.07) is 20.1. The first kappa shape index (κ1) is 16.9. The van der Waals surface area contributed by atoms with Crippen molar-refractivity contribution in [3.8, 4) is 16.9 Å². The van der Waals surface area contributed by atoms with Gasteiger partial charge in [0.25, 0.3) is 0 Å². The lowest BCUT2D eigenvalue weighted by Gasteiger charge is -2.39. The van der Waals surface area contributed by atoms with Crippen molar-refractivity contribution in [1.82, 2.24) is 0 Å². The Morgan fingerprint density at radius 1 is 1.00 bits per heavy atom. The Labute approximate surface area is 162 Å². The smallest absolute Gasteiger partial charge is 0.118 e. The molecule has 0 N–H and O–H groups in total. The van der Waals surface area contributed by atoms with Crippen LogP contribution in [0.2, 0.25) is 0 Å². The molecular formula is C26H28O. The molecule has 3 aromatic rings. The molecule has 5 rings (SSSR count). The zero-order valence-corrected chi connectivity index (χ0v) is 16.6. The molecule has 0 aromatic heterocycles. The number of methoxy groups -OCH3 is 1. The topological polar surface area (TPSA) is 9.23 Å². The van der Waals surface area contributed by atoms with Gasteiger partial charge in [0.1, 0.15) is 5.75 Å². The summed E-state index contributed by atoms with van der Waals surface area (Å²) < 4.78 is 5.36. The lowest BCUT2D eigenvalue weighted by molar-refractivity contribution is 0.248.